The molecule has 0 spiro atoms. The lowest BCUT2D eigenvalue weighted by Gasteiger charge is -2.23. The van der Waals surface area contributed by atoms with Gasteiger partial charge in [-0.25, -0.2) is 0 Å². The minimum Gasteiger partial charge on any atom is -0.399 e. The molecule has 2 aromatic carbocycles. The fourth-order valence-corrected chi connectivity index (χ4v) is 2.27. The van der Waals surface area contributed by atoms with Crippen LogP contribution in [-0.4, -0.2) is 0 Å². The van der Waals surface area contributed by atoms with Gasteiger partial charge in [0.05, 0.1) is 0 Å². The van der Waals surface area contributed by atoms with Crippen LogP contribution >= 0.6 is 0 Å². The Morgan fingerprint density at radius 2 is 1.67 bits per heavy atom. The molecule has 0 heterocycles. The molecule has 94 valence electrons. The van der Waals surface area contributed by atoms with Crippen LogP contribution in [0.1, 0.15) is 31.9 Å². The molecule has 0 aromatic heterocycles. The highest BCUT2D eigenvalue weighted by atomic mass is 14.5. The van der Waals surface area contributed by atoms with Gasteiger partial charge in [0.15, 0.2) is 0 Å². The Kier molecular flexibility index (Phi) is 3.16. The molecule has 0 aliphatic carbocycles. The number of rotatable bonds is 1. The Labute approximate surface area is 110 Å². The molecular weight excluding hydrogens is 218 g/mol. The highest BCUT2D eigenvalue weighted by Crippen LogP contribution is 2.34. The van der Waals surface area contributed by atoms with Crippen molar-refractivity contribution < 1.29 is 0 Å². The molecule has 18 heavy (non-hydrogen) atoms. The van der Waals surface area contributed by atoms with Gasteiger partial charge in [0, 0.05) is 5.69 Å². The molecule has 1 nitrogen and oxygen atoms in total. The molecular formula is C17H21N. The van der Waals surface area contributed by atoms with E-state index in [2.05, 4.69) is 64.1 Å². The van der Waals surface area contributed by atoms with Gasteiger partial charge in [-0.05, 0) is 41.2 Å². The number of hydrogen-bond acceptors (Lipinski definition) is 1. The second kappa shape index (κ2) is 4.49. The molecule has 1 heteroatoms. The summed E-state index contributed by atoms with van der Waals surface area (Å²) in [7, 11) is 0. The SMILES string of the molecule is Cc1cccc(-c2cc(N)ccc2C(C)(C)C)c1. The molecule has 2 aromatic rings. The maximum Gasteiger partial charge on any atom is 0.0320 e. The van der Waals surface area contributed by atoms with Gasteiger partial charge in [0.25, 0.3) is 0 Å². The first kappa shape index (κ1) is 12.7. The number of nitrogen functional groups attached to an aromatic ring is 1. The van der Waals surface area contributed by atoms with E-state index in [1.54, 1.807) is 0 Å². The van der Waals surface area contributed by atoms with Crippen LogP contribution in [0.5, 0.6) is 0 Å². The third-order valence-electron chi connectivity index (χ3n) is 3.18. The van der Waals surface area contributed by atoms with Gasteiger partial charge in [0.1, 0.15) is 0 Å². The van der Waals surface area contributed by atoms with Crippen LogP contribution in [0.4, 0.5) is 5.69 Å². The topological polar surface area (TPSA) is 26.0 Å². The Balaban J connectivity index is 2.66. The second-order valence-corrected chi connectivity index (χ2v) is 5.92. The lowest BCUT2D eigenvalue weighted by atomic mass is 9.81. The molecule has 0 saturated heterocycles. The van der Waals surface area contributed by atoms with Crippen molar-refractivity contribution in [1.29, 1.82) is 0 Å². The summed E-state index contributed by atoms with van der Waals surface area (Å²) in [6, 6.07) is 14.8. The Morgan fingerprint density at radius 3 is 2.28 bits per heavy atom. The Bertz CT molecular complexity index is 562. The van der Waals surface area contributed by atoms with E-state index >= 15 is 0 Å². The number of aryl methyl sites for hydroxylation is 1. The Morgan fingerprint density at radius 1 is 0.944 bits per heavy atom. The predicted molar refractivity (Wildman–Crippen MR) is 79.7 cm³/mol. The molecule has 0 radical (unpaired) electrons. The third kappa shape index (κ3) is 2.56. The minimum absolute atomic E-state index is 0.118. The van der Waals surface area contributed by atoms with Crippen LogP contribution in [0.3, 0.4) is 0 Å². The van der Waals surface area contributed by atoms with Crippen molar-refractivity contribution >= 4 is 5.69 Å². The fourth-order valence-electron chi connectivity index (χ4n) is 2.27. The van der Waals surface area contributed by atoms with E-state index in [9.17, 15) is 0 Å². The molecule has 0 unspecified atom stereocenters. The summed E-state index contributed by atoms with van der Waals surface area (Å²) >= 11 is 0. The highest BCUT2D eigenvalue weighted by Gasteiger charge is 2.18. The van der Waals surface area contributed by atoms with Gasteiger partial charge >= 0.3 is 0 Å². The molecule has 0 atom stereocenters. The van der Waals surface area contributed by atoms with Gasteiger partial charge in [0.2, 0.25) is 0 Å². The van der Waals surface area contributed by atoms with Crippen molar-refractivity contribution in [3.8, 4) is 11.1 Å². The maximum absolute atomic E-state index is 5.95. The molecule has 0 aliphatic rings. The summed E-state index contributed by atoms with van der Waals surface area (Å²) in [5, 5.41) is 0. The van der Waals surface area contributed by atoms with E-state index in [1.807, 2.05) is 6.07 Å². The molecule has 2 N–H and O–H groups in total. The van der Waals surface area contributed by atoms with Crippen LogP contribution in [0.2, 0.25) is 0 Å². The fraction of sp³-hybridized carbons (Fsp3) is 0.294. The van der Waals surface area contributed by atoms with E-state index in [0.29, 0.717) is 0 Å². The lowest BCUT2D eigenvalue weighted by Crippen LogP contribution is -2.13. The first-order valence-corrected chi connectivity index (χ1v) is 6.35. The van der Waals surface area contributed by atoms with E-state index in [-0.39, 0.29) is 5.41 Å². The zero-order valence-electron chi connectivity index (χ0n) is 11.6. The third-order valence-corrected chi connectivity index (χ3v) is 3.18. The van der Waals surface area contributed by atoms with Crippen LogP contribution in [0.25, 0.3) is 11.1 Å². The van der Waals surface area contributed by atoms with Gasteiger partial charge < -0.3 is 5.73 Å². The normalized spacial score (nSPS) is 11.6. The van der Waals surface area contributed by atoms with Crippen LogP contribution < -0.4 is 5.73 Å². The second-order valence-electron chi connectivity index (χ2n) is 5.92. The largest absolute Gasteiger partial charge is 0.399 e. The standard InChI is InChI=1S/C17H21N/c1-12-6-5-7-13(10-12)15-11-14(18)8-9-16(15)17(2,3)4/h5-11H,18H2,1-4H3. The molecule has 0 aliphatic heterocycles. The van der Waals surface area contributed by atoms with Crippen molar-refractivity contribution in [3.63, 3.8) is 0 Å². The zero-order valence-corrected chi connectivity index (χ0v) is 11.6. The predicted octanol–water partition coefficient (Wildman–Crippen LogP) is 4.54. The highest BCUT2D eigenvalue weighted by molar-refractivity contribution is 5.72. The molecule has 0 saturated carbocycles. The number of nitrogens with two attached hydrogens (primary N) is 1. The number of benzene rings is 2. The summed E-state index contributed by atoms with van der Waals surface area (Å²) < 4.78 is 0. The molecule has 0 bridgehead atoms. The quantitative estimate of drug-likeness (QED) is 0.726. The summed E-state index contributed by atoms with van der Waals surface area (Å²) in [6.07, 6.45) is 0. The lowest BCUT2D eigenvalue weighted by molar-refractivity contribution is 0.592. The summed E-state index contributed by atoms with van der Waals surface area (Å²) in [4.78, 5) is 0. The molecule has 0 fully saturated rings. The van der Waals surface area contributed by atoms with Crippen molar-refractivity contribution in [3.05, 3.63) is 53.6 Å². The molecule has 0 amide bonds. The minimum atomic E-state index is 0.118. The van der Waals surface area contributed by atoms with Gasteiger partial charge in [-0.1, -0.05) is 56.7 Å². The van der Waals surface area contributed by atoms with E-state index in [1.165, 1.54) is 22.3 Å². The van der Waals surface area contributed by atoms with Crippen LogP contribution in [-0.2, 0) is 5.41 Å². The first-order valence-electron chi connectivity index (χ1n) is 6.35. The van der Waals surface area contributed by atoms with Crippen molar-refractivity contribution in [1.82, 2.24) is 0 Å². The van der Waals surface area contributed by atoms with Gasteiger partial charge in [-0.15, -0.1) is 0 Å². The number of hydrogen-bond donors (Lipinski definition) is 1. The van der Waals surface area contributed by atoms with Crippen LogP contribution in [0, 0.1) is 6.92 Å². The number of anilines is 1. The van der Waals surface area contributed by atoms with Crippen molar-refractivity contribution in [2.45, 2.75) is 33.1 Å². The summed E-state index contributed by atoms with van der Waals surface area (Å²) in [5.74, 6) is 0. The van der Waals surface area contributed by atoms with E-state index < -0.39 is 0 Å². The van der Waals surface area contributed by atoms with E-state index in [0.717, 1.165) is 5.69 Å². The monoisotopic (exact) mass is 239 g/mol. The van der Waals surface area contributed by atoms with Gasteiger partial charge in [-0.2, -0.15) is 0 Å². The summed E-state index contributed by atoms with van der Waals surface area (Å²) in [6.45, 7) is 8.82. The van der Waals surface area contributed by atoms with Crippen LogP contribution in [0.15, 0.2) is 42.5 Å². The Hall–Kier alpha value is -1.76. The van der Waals surface area contributed by atoms with Crippen molar-refractivity contribution in [2.75, 3.05) is 5.73 Å². The van der Waals surface area contributed by atoms with E-state index in [4.69, 9.17) is 5.73 Å². The first-order chi connectivity index (χ1) is 8.38. The maximum atomic E-state index is 5.95. The zero-order chi connectivity index (χ0) is 13.3. The average molecular weight is 239 g/mol. The average Bonchev–Trinajstić information content (AvgIpc) is 2.27. The van der Waals surface area contributed by atoms with Gasteiger partial charge in [-0.3, -0.25) is 0 Å². The van der Waals surface area contributed by atoms with Crippen molar-refractivity contribution in [2.24, 2.45) is 0 Å². The molecule has 2 rings (SSSR count). The smallest absolute Gasteiger partial charge is 0.0320 e. The summed E-state index contributed by atoms with van der Waals surface area (Å²) in [5.41, 5.74) is 12.0.